The van der Waals surface area contributed by atoms with E-state index >= 15 is 0 Å². The highest BCUT2D eigenvalue weighted by Gasteiger charge is 2.02. The van der Waals surface area contributed by atoms with Crippen molar-refractivity contribution in [1.82, 2.24) is 15.2 Å². The maximum atomic E-state index is 5.53. The topological polar surface area (TPSA) is 73.9 Å². The van der Waals surface area contributed by atoms with Crippen molar-refractivity contribution in [2.24, 2.45) is 5.73 Å². The summed E-state index contributed by atoms with van der Waals surface area (Å²) < 4.78 is 5.53. The summed E-state index contributed by atoms with van der Waals surface area (Å²) in [7, 11) is 0. The smallest absolute Gasteiger partial charge is 0.238 e. The van der Waals surface area contributed by atoms with E-state index in [1.165, 1.54) is 0 Å². The van der Waals surface area contributed by atoms with Crippen LogP contribution in [0.25, 0.3) is 0 Å². The summed E-state index contributed by atoms with van der Waals surface area (Å²) in [6.45, 7) is 2.25. The lowest BCUT2D eigenvalue weighted by Crippen LogP contribution is -2.01. The molecule has 0 aliphatic carbocycles. The molecule has 2 N–H and O–H groups in total. The summed E-state index contributed by atoms with van der Waals surface area (Å²) in [6, 6.07) is 7.17. The molecule has 82 valence electrons. The Morgan fingerprint density at radius 2 is 2.12 bits per heavy atom. The van der Waals surface area contributed by atoms with E-state index in [1.807, 2.05) is 19.1 Å². The summed E-state index contributed by atoms with van der Waals surface area (Å²) >= 11 is 0. The Balaban J connectivity index is 2.18. The van der Waals surface area contributed by atoms with E-state index in [0.29, 0.717) is 18.2 Å². The third kappa shape index (κ3) is 2.32. The Morgan fingerprint density at radius 3 is 2.75 bits per heavy atom. The fraction of sp³-hybridized carbons (Fsp3) is 0.182. The standard InChI is InChI=1S/C11H12N4O/c1-8-10(3-2-6-13-8)16-11-5-4-9(7-12)14-15-11/h2-6H,7,12H2,1H3. The van der Waals surface area contributed by atoms with Crippen LogP contribution in [0.2, 0.25) is 0 Å². The third-order valence-corrected chi connectivity index (χ3v) is 2.08. The third-order valence-electron chi connectivity index (χ3n) is 2.08. The number of ether oxygens (including phenoxy) is 1. The molecule has 0 saturated carbocycles. The maximum Gasteiger partial charge on any atom is 0.238 e. The molecule has 2 aromatic rings. The molecule has 5 nitrogen and oxygen atoms in total. The molecule has 0 atom stereocenters. The summed E-state index contributed by atoms with van der Waals surface area (Å²) in [6.07, 6.45) is 1.71. The average molecular weight is 216 g/mol. The quantitative estimate of drug-likeness (QED) is 0.840. The number of hydrogen-bond donors (Lipinski definition) is 1. The Labute approximate surface area is 93.3 Å². The van der Waals surface area contributed by atoms with Gasteiger partial charge < -0.3 is 10.5 Å². The Morgan fingerprint density at radius 1 is 1.25 bits per heavy atom. The van der Waals surface area contributed by atoms with Gasteiger partial charge in [-0.3, -0.25) is 4.98 Å². The molecule has 2 aromatic heterocycles. The average Bonchev–Trinajstić information content (AvgIpc) is 2.33. The minimum absolute atomic E-state index is 0.374. The zero-order chi connectivity index (χ0) is 11.4. The Kier molecular flexibility index (Phi) is 3.07. The number of aromatic nitrogens is 3. The second-order valence-electron chi connectivity index (χ2n) is 3.26. The number of aryl methyl sites for hydroxylation is 1. The zero-order valence-electron chi connectivity index (χ0n) is 8.92. The fourth-order valence-corrected chi connectivity index (χ4v) is 1.20. The van der Waals surface area contributed by atoms with E-state index < -0.39 is 0 Å². The van der Waals surface area contributed by atoms with Gasteiger partial charge in [-0.1, -0.05) is 0 Å². The largest absolute Gasteiger partial charge is 0.436 e. The molecule has 2 rings (SSSR count). The van der Waals surface area contributed by atoms with Gasteiger partial charge in [-0.05, 0) is 25.1 Å². The first-order valence-electron chi connectivity index (χ1n) is 4.92. The van der Waals surface area contributed by atoms with Crippen molar-refractivity contribution >= 4 is 0 Å². The van der Waals surface area contributed by atoms with Crippen molar-refractivity contribution in [2.75, 3.05) is 0 Å². The van der Waals surface area contributed by atoms with Crippen molar-refractivity contribution in [3.63, 3.8) is 0 Å². The van der Waals surface area contributed by atoms with E-state index in [-0.39, 0.29) is 0 Å². The molecule has 0 aromatic carbocycles. The predicted molar refractivity (Wildman–Crippen MR) is 59.0 cm³/mol. The minimum Gasteiger partial charge on any atom is -0.436 e. The van der Waals surface area contributed by atoms with Gasteiger partial charge in [0, 0.05) is 18.8 Å². The number of nitrogens with zero attached hydrogens (tertiary/aromatic N) is 3. The van der Waals surface area contributed by atoms with Gasteiger partial charge >= 0.3 is 0 Å². The molecule has 16 heavy (non-hydrogen) atoms. The molecule has 0 radical (unpaired) electrons. The van der Waals surface area contributed by atoms with Crippen LogP contribution in [-0.2, 0) is 6.54 Å². The Bertz CT molecular complexity index is 470. The van der Waals surface area contributed by atoms with Crippen molar-refractivity contribution in [3.8, 4) is 11.6 Å². The van der Waals surface area contributed by atoms with Crippen molar-refractivity contribution in [3.05, 3.63) is 41.9 Å². The van der Waals surface area contributed by atoms with Gasteiger partial charge in [0.1, 0.15) is 0 Å². The van der Waals surface area contributed by atoms with Crippen LogP contribution in [0.4, 0.5) is 0 Å². The van der Waals surface area contributed by atoms with Crippen LogP contribution in [0.5, 0.6) is 11.6 Å². The van der Waals surface area contributed by atoms with Crippen molar-refractivity contribution in [2.45, 2.75) is 13.5 Å². The van der Waals surface area contributed by atoms with Crippen LogP contribution in [0.3, 0.4) is 0 Å². The van der Waals surface area contributed by atoms with E-state index in [2.05, 4.69) is 15.2 Å². The number of rotatable bonds is 3. The molecular formula is C11H12N4O. The molecular weight excluding hydrogens is 204 g/mol. The van der Waals surface area contributed by atoms with E-state index in [0.717, 1.165) is 11.4 Å². The zero-order valence-corrected chi connectivity index (χ0v) is 8.92. The van der Waals surface area contributed by atoms with Crippen LogP contribution in [0, 0.1) is 6.92 Å². The van der Waals surface area contributed by atoms with Crippen molar-refractivity contribution in [1.29, 1.82) is 0 Å². The van der Waals surface area contributed by atoms with E-state index in [4.69, 9.17) is 10.5 Å². The molecule has 0 unspecified atom stereocenters. The van der Waals surface area contributed by atoms with Gasteiger partial charge in [0.05, 0.1) is 11.4 Å². The van der Waals surface area contributed by atoms with Crippen LogP contribution in [0.1, 0.15) is 11.4 Å². The maximum absolute atomic E-state index is 5.53. The van der Waals surface area contributed by atoms with E-state index in [1.54, 1.807) is 18.3 Å². The van der Waals surface area contributed by atoms with Gasteiger partial charge in [0.25, 0.3) is 0 Å². The molecule has 0 aliphatic heterocycles. The highest BCUT2D eigenvalue weighted by Crippen LogP contribution is 2.20. The Hall–Kier alpha value is -2.01. The first-order valence-corrected chi connectivity index (χ1v) is 4.92. The predicted octanol–water partition coefficient (Wildman–Crippen LogP) is 1.43. The van der Waals surface area contributed by atoms with Crippen LogP contribution >= 0.6 is 0 Å². The SMILES string of the molecule is Cc1ncccc1Oc1ccc(CN)nn1. The van der Waals surface area contributed by atoms with Crippen LogP contribution < -0.4 is 10.5 Å². The summed E-state index contributed by atoms with van der Waals surface area (Å²) in [5.74, 6) is 1.12. The van der Waals surface area contributed by atoms with Crippen LogP contribution in [0.15, 0.2) is 30.5 Å². The minimum atomic E-state index is 0.374. The normalized spacial score (nSPS) is 10.1. The van der Waals surface area contributed by atoms with Gasteiger partial charge in [0.2, 0.25) is 5.88 Å². The first kappa shape index (κ1) is 10.5. The molecule has 0 spiro atoms. The van der Waals surface area contributed by atoms with E-state index in [9.17, 15) is 0 Å². The highest BCUT2D eigenvalue weighted by molar-refractivity contribution is 5.29. The molecule has 2 heterocycles. The molecule has 5 heteroatoms. The molecule has 0 fully saturated rings. The summed E-state index contributed by atoms with van der Waals surface area (Å²) in [5, 5.41) is 7.81. The number of nitrogens with two attached hydrogens (primary N) is 1. The summed E-state index contributed by atoms with van der Waals surface area (Å²) in [5.41, 5.74) is 6.97. The second-order valence-corrected chi connectivity index (χ2v) is 3.26. The second kappa shape index (κ2) is 4.67. The molecule has 0 saturated heterocycles. The molecule has 0 bridgehead atoms. The van der Waals surface area contributed by atoms with Gasteiger partial charge in [-0.25, -0.2) is 0 Å². The monoisotopic (exact) mass is 216 g/mol. The van der Waals surface area contributed by atoms with Gasteiger partial charge in [-0.15, -0.1) is 5.10 Å². The van der Waals surface area contributed by atoms with Gasteiger partial charge in [0.15, 0.2) is 5.75 Å². The van der Waals surface area contributed by atoms with Crippen molar-refractivity contribution < 1.29 is 4.74 Å². The fourth-order valence-electron chi connectivity index (χ4n) is 1.20. The highest BCUT2D eigenvalue weighted by atomic mass is 16.5. The lowest BCUT2D eigenvalue weighted by molar-refractivity contribution is 0.448. The first-order chi connectivity index (χ1) is 7.79. The number of hydrogen-bond acceptors (Lipinski definition) is 5. The molecule has 0 amide bonds. The number of pyridine rings is 1. The van der Waals surface area contributed by atoms with Crippen LogP contribution in [-0.4, -0.2) is 15.2 Å². The summed E-state index contributed by atoms with van der Waals surface area (Å²) in [4.78, 5) is 4.12. The van der Waals surface area contributed by atoms with Gasteiger partial charge in [-0.2, -0.15) is 5.10 Å². The lowest BCUT2D eigenvalue weighted by atomic mass is 10.3. The molecule has 0 aliphatic rings. The lowest BCUT2D eigenvalue weighted by Gasteiger charge is -2.05.